The third kappa shape index (κ3) is 4.48. The second-order valence-corrected chi connectivity index (χ2v) is 12.0. The van der Waals surface area contributed by atoms with E-state index in [4.69, 9.17) is 0 Å². The number of hydrogen-bond acceptors (Lipinski definition) is 6. The van der Waals surface area contributed by atoms with Gasteiger partial charge < -0.3 is 9.80 Å². The summed E-state index contributed by atoms with van der Waals surface area (Å²) in [5.74, 6) is 0. The molecule has 2 aliphatic heterocycles. The fraction of sp³-hybridized carbons (Fsp3) is 0.297. The predicted octanol–water partition coefficient (Wildman–Crippen LogP) is 6.16. The normalized spacial score (nSPS) is 17.4. The van der Waals surface area contributed by atoms with Crippen LogP contribution in [0.15, 0.2) is 85.2 Å². The highest BCUT2D eigenvalue weighted by Gasteiger charge is 2.41. The first-order valence-corrected chi connectivity index (χ1v) is 15.2. The molecule has 0 amide bonds. The first-order chi connectivity index (χ1) is 20.7. The monoisotopic (exact) mass is 572 g/mol. The molecule has 6 nitrogen and oxygen atoms in total. The van der Waals surface area contributed by atoms with E-state index in [0.29, 0.717) is 0 Å². The number of unbranched alkanes of at least 4 members (excludes halogenated alkanes) is 2. The van der Waals surface area contributed by atoms with E-state index in [2.05, 4.69) is 49.6 Å². The Morgan fingerprint density at radius 3 is 1.86 bits per heavy atom. The van der Waals surface area contributed by atoms with Gasteiger partial charge in [0.25, 0.3) is 0 Å². The van der Waals surface area contributed by atoms with Crippen LogP contribution in [0.5, 0.6) is 0 Å². The lowest BCUT2D eigenvalue weighted by Gasteiger charge is -2.31. The van der Waals surface area contributed by atoms with E-state index in [1.54, 1.807) is 12.2 Å². The molecule has 0 saturated carbocycles. The number of hydrogen-bond donors (Lipinski definition) is 0. The highest BCUT2D eigenvalue weighted by Crippen LogP contribution is 2.48. The van der Waals surface area contributed by atoms with E-state index in [1.165, 1.54) is 0 Å². The highest BCUT2D eigenvalue weighted by molar-refractivity contribution is 5.90. The van der Waals surface area contributed by atoms with Gasteiger partial charge in [-0.1, -0.05) is 83.0 Å². The summed E-state index contributed by atoms with van der Waals surface area (Å²) >= 11 is 0. The maximum atomic E-state index is 13.1. The first kappa shape index (κ1) is 28.5. The van der Waals surface area contributed by atoms with Crippen molar-refractivity contribution in [3.63, 3.8) is 0 Å². The van der Waals surface area contributed by atoms with Gasteiger partial charge in [-0.15, -0.1) is 0 Å². The fourth-order valence-electron chi connectivity index (χ4n) is 6.50. The van der Waals surface area contributed by atoms with Crippen molar-refractivity contribution in [2.45, 2.75) is 58.8 Å². The Labute approximate surface area is 251 Å². The van der Waals surface area contributed by atoms with Gasteiger partial charge in [-0.3, -0.25) is 19.2 Å². The standard InChI is InChI=1S/C37H36N2O4/c1-5-7-19-38-24(18-17-23-13-9-11-15-28(23)38)21-25-31(35(42)33(25)40)32-26(34(41)36(32)43)22-30-37(3,4)27-14-10-12-16-29(27)39(30)20-8-6-2/h9-18,21-22H,5-8,19-20H2,1-4H3/b24-21+,30-22+. The van der Waals surface area contributed by atoms with Gasteiger partial charge in [-0.05, 0) is 54.3 Å². The van der Waals surface area contributed by atoms with Crippen LogP contribution < -0.4 is 31.5 Å². The van der Waals surface area contributed by atoms with Crippen molar-refractivity contribution in [2.24, 2.45) is 0 Å². The predicted molar refractivity (Wildman–Crippen MR) is 177 cm³/mol. The van der Waals surface area contributed by atoms with Gasteiger partial charge >= 0.3 is 0 Å². The van der Waals surface area contributed by atoms with Gasteiger partial charge in [0, 0.05) is 63.5 Å². The molecule has 0 aromatic heterocycles. The second-order valence-electron chi connectivity index (χ2n) is 12.0. The number of benzene rings is 2. The molecule has 218 valence electrons. The Morgan fingerprint density at radius 1 is 0.651 bits per heavy atom. The van der Waals surface area contributed by atoms with Gasteiger partial charge in [-0.25, -0.2) is 0 Å². The van der Waals surface area contributed by atoms with E-state index < -0.39 is 27.1 Å². The number of anilines is 2. The lowest BCUT2D eigenvalue weighted by Crippen LogP contribution is -2.44. The molecular formula is C37H36N2O4. The van der Waals surface area contributed by atoms with E-state index in [9.17, 15) is 19.2 Å². The largest absolute Gasteiger partial charge is 0.344 e. The van der Waals surface area contributed by atoms with Crippen LogP contribution in [0.25, 0.3) is 29.4 Å². The Morgan fingerprint density at radius 2 is 1.21 bits per heavy atom. The Hall–Kier alpha value is -4.58. The molecule has 6 rings (SSSR count). The van der Waals surface area contributed by atoms with Crippen LogP contribution in [0.1, 0.15) is 75.6 Å². The van der Waals surface area contributed by atoms with Gasteiger partial charge in [0.15, 0.2) is 0 Å². The minimum absolute atomic E-state index is 0.0603. The summed E-state index contributed by atoms with van der Waals surface area (Å²) in [4.78, 5) is 56.6. The Balaban J connectivity index is 1.46. The molecule has 4 aromatic carbocycles. The molecule has 4 aromatic rings. The molecule has 0 unspecified atom stereocenters. The van der Waals surface area contributed by atoms with Crippen LogP contribution in [-0.2, 0) is 5.41 Å². The molecule has 0 N–H and O–H groups in total. The van der Waals surface area contributed by atoms with Crippen LogP contribution in [-0.4, -0.2) is 13.1 Å². The molecule has 2 aliphatic rings. The maximum absolute atomic E-state index is 13.1. The molecule has 6 heteroatoms. The van der Waals surface area contributed by atoms with E-state index in [0.717, 1.165) is 72.7 Å². The number of allylic oxidation sites excluding steroid dienone is 2. The fourth-order valence-corrected chi connectivity index (χ4v) is 6.50. The molecule has 0 saturated heterocycles. The number of para-hydroxylation sites is 2. The number of fused-ring (bicyclic) bond motifs is 2. The Bertz CT molecular complexity index is 1970. The zero-order chi connectivity index (χ0) is 30.5. The van der Waals surface area contributed by atoms with Crippen molar-refractivity contribution in [2.75, 3.05) is 22.9 Å². The van der Waals surface area contributed by atoms with Gasteiger partial charge in [0.1, 0.15) is 0 Å². The van der Waals surface area contributed by atoms with Gasteiger partial charge in [0.05, 0.1) is 0 Å². The molecule has 0 spiro atoms. The molecule has 2 heterocycles. The molecular weight excluding hydrogens is 536 g/mol. The summed E-state index contributed by atoms with van der Waals surface area (Å²) in [5, 5.41) is 0. The number of rotatable bonds is 9. The van der Waals surface area contributed by atoms with Crippen LogP contribution in [0.4, 0.5) is 11.4 Å². The summed E-state index contributed by atoms with van der Waals surface area (Å²) in [6, 6.07) is 16.2. The van der Waals surface area contributed by atoms with Crippen LogP contribution in [0.3, 0.4) is 0 Å². The topological polar surface area (TPSA) is 74.8 Å². The van der Waals surface area contributed by atoms with Gasteiger partial charge in [0.2, 0.25) is 21.7 Å². The Kier molecular flexibility index (Phi) is 7.25. The third-order valence-corrected chi connectivity index (χ3v) is 8.96. The highest BCUT2D eigenvalue weighted by atomic mass is 16.2. The van der Waals surface area contributed by atoms with E-state index >= 15 is 0 Å². The maximum Gasteiger partial charge on any atom is 0.235 e. The van der Waals surface area contributed by atoms with Gasteiger partial charge in [-0.2, -0.15) is 0 Å². The van der Waals surface area contributed by atoms with E-state index in [-0.39, 0.29) is 22.3 Å². The zero-order valence-electron chi connectivity index (χ0n) is 25.2. The quantitative estimate of drug-likeness (QED) is 0.224. The van der Waals surface area contributed by atoms with Crippen molar-refractivity contribution in [3.8, 4) is 11.1 Å². The minimum Gasteiger partial charge on any atom is -0.344 e. The average Bonchev–Trinajstić information content (AvgIpc) is 3.24. The zero-order valence-corrected chi connectivity index (χ0v) is 25.2. The smallest absolute Gasteiger partial charge is 0.235 e. The van der Waals surface area contributed by atoms with Crippen molar-refractivity contribution < 1.29 is 0 Å². The molecule has 0 radical (unpaired) electrons. The van der Waals surface area contributed by atoms with Crippen molar-refractivity contribution in [1.29, 1.82) is 0 Å². The molecule has 43 heavy (non-hydrogen) atoms. The van der Waals surface area contributed by atoms with Crippen molar-refractivity contribution in [3.05, 3.63) is 129 Å². The van der Waals surface area contributed by atoms with Crippen LogP contribution >= 0.6 is 0 Å². The van der Waals surface area contributed by atoms with Crippen molar-refractivity contribution in [1.82, 2.24) is 0 Å². The molecule has 0 fully saturated rings. The minimum atomic E-state index is -0.712. The van der Waals surface area contributed by atoms with E-state index in [1.807, 2.05) is 48.6 Å². The van der Waals surface area contributed by atoms with Crippen LogP contribution in [0, 0.1) is 0 Å². The molecule has 0 aliphatic carbocycles. The first-order valence-electron chi connectivity index (χ1n) is 15.2. The SMILES string of the molecule is CCCCN1/C(=C/c2c(-c3c(/C=C4/N(CCCC)c5ccccc5C4(C)C)c(=O)c3=O)c(=O)c2=O)C=Cc2ccccc21. The molecule has 0 atom stereocenters. The summed E-state index contributed by atoms with van der Waals surface area (Å²) in [7, 11) is 0. The van der Waals surface area contributed by atoms with Crippen LogP contribution in [0.2, 0.25) is 0 Å². The molecule has 0 bridgehead atoms. The lowest BCUT2D eigenvalue weighted by atomic mass is 9.81. The second kappa shape index (κ2) is 10.9. The lowest BCUT2D eigenvalue weighted by molar-refractivity contribution is 0.629. The van der Waals surface area contributed by atoms with Crippen molar-refractivity contribution >= 4 is 29.6 Å². The summed E-state index contributed by atoms with van der Waals surface area (Å²) < 4.78 is 0. The average molecular weight is 573 g/mol. The third-order valence-electron chi connectivity index (χ3n) is 8.96. The summed E-state index contributed by atoms with van der Waals surface area (Å²) in [6.07, 6.45) is 11.3. The summed E-state index contributed by atoms with van der Waals surface area (Å²) in [5.41, 5.74) is 3.46. The summed E-state index contributed by atoms with van der Waals surface area (Å²) in [6.45, 7) is 10.00. The number of nitrogens with zero attached hydrogens (tertiary/aromatic N) is 2.